The van der Waals surface area contributed by atoms with E-state index < -0.39 is 17.8 Å². The second-order valence-electron chi connectivity index (χ2n) is 6.95. The van der Waals surface area contributed by atoms with Crippen LogP contribution in [0.5, 0.6) is 0 Å². The minimum Gasteiger partial charge on any atom is -0.306 e. The van der Waals surface area contributed by atoms with Crippen molar-refractivity contribution >= 4 is 40.6 Å². The quantitative estimate of drug-likeness (QED) is 0.311. The number of halogens is 5. The van der Waals surface area contributed by atoms with Crippen molar-refractivity contribution in [3.8, 4) is 16.9 Å². The van der Waals surface area contributed by atoms with Crippen LogP contribution in [0.2, 0.25) is 10.0 Å². The number of alkyl halides is 3. The number of anilines is 2. The molecule has 33 heavy (non-hydrogen) atoms. The Morgan fingerprint density at radius 2 is 1.55 bits per heavy atom. The van der Waals surface area contributed by atoms with Crippen LogP contribution < -0.4 is 10.6 Å². The number of nitrogens with one attached hydrogen (secondary N) is 2. The number of aromatic nitrogens is 2. The molecule has 0 bridgehead atoms. The van der Waals surface area contributed by atoms with Crippen molar-refractivity contribution in [1.82, 2.24) is 9.78 Å². The van der Waals surface area contributed by atoms with E-state index in [2.05, 4.69) is 15.7 Å². The summed E-state index contributed by atoms with van der Waals surface area (Å²) in [5.41, 5.74) is 1.11. The van der Waals surface area contributed by atoms with Crippen molar-refractivity contribution in [3.05, 3.63) is 94.6 Å². The van der Waals surface area contributed by atoms with Crippen molar-refractivity contribution in [3.63, 3.8) is 0 Å². The van der Waals surface area contributed by atoms with Crippen LogP contribution in [0.4, 0.5) is 29.3 Å². The number of hydrogen-bond donors (Lipinski definition) is 2. The summed E-state index contributed by atoms with van der Waals surface area (Å²) < 4.78 is 40.7. The van der Waals surface area contributed by atoms with Gasteiger partial charge < -0.3 is 10.6 Å². The van der Waals surface area contributed by atoms with E-state index in [0.717, 1.165) is 23.9 Å². The van der Waals surface area contributed by atoms with E-state index in [9.17, 15) is 18.0 Å². The predicted octanol–water partition coefficient (Wildman–Crippen LogP) is 7.51. The van der Waals surface area contributed by atoms with Crippen molar-refractivity contribution in [1.29, 1.82) is 0 Å². The average Bonchev–Trinajstić information content (AvgIpc) is 3.19. The maximum atomic E-state index is 13.0. The fourth-order valence-corrected chi connectivity index (χ4v) is 3.36. The Kier molecular flexibility index (Phi) is 6.31. The van der Waals surface area contributed by atoms with E-state index in [1.165, 1.54) is 0 Å². The van der Waals surface area contributed by atoms with Crippen LogP contribution in [0.1, 0.15) is 5.56 Å². The molecule has 0 atom stereocenters. The Balaban J connectivity index is 1.65. The van der Waals surface area contributed by atoms with E-state index in [0.29, 0.717) is 22.0 Å². The molecule has 4 rings (SSSR count). The van der Waals surface area contributed by atoms with Crippen molar-refractivity contribution < 1.29 is 18.0 Å². The highest BCUT2D eigenvalue weighted by molar-refractivity contribution is 6.33. The van der Waals surface area contributed by atoms with Crippen LogP contribution >= 0.6 is 23.2 Å². The summed E-state index contributed by atoms with van der Waals surface area (Å²) in [6.45, 7) is 0. The lowest BCUT2D eigenvalue weighted by Crippen LogP contribution is -2.20. The van der Waals surface area contributed by atoms with Gasteiger partial charge in [0.05, 0.1) is 33.8 Å². The van der Waals surface area contributed by atoms with Gasteiger partial charge in [0.1, 0.15) is 5.69 Å². The van der Waals surface area contributed by atoms with Gasteiger partial charge in [0.15, 0.2) is 0 Å². The van der Waals surface area contributed by atoms with E-state index >= 15 is 0 Å². The van der Waals surface area contributed by atoms with Gasteiger partial charge in [-0.3, -0.25) is 0 Å². The molecule has 0 saturated carbocycles. The first kappa shape index (κ1) is 22.7. The van der Waals surface area contributed by atoms with Gasteiger partial charge in [0.2, 0.25) is 0 Å². The maximum Gasteiger partial charge on any atom is 0.416 e. The normalized spacial score (nSPS) is 11.3. The molecule has 5 nitrogen and oxygen atoms in total. The minimum atomic E-state index is -4.57. The van der Waals surface area contributed by atoms with Crippen LogP contribution in [-0.2, 0) is 6.18 Å². The monoisotopic (exact) mass is 490 g/mol. The highest BCUT2D eigenvalue weighted by Gasteiger charge is 2.31. The molecule has 0 aliphatic carbocycles. The van der Waals surface area contributed by atoms with Gasteiger partial charge in [0, 0.05) is 10.6 Å². The molecular weight excluding hydrogens is 476 g/mol. The van der Waals surface area contributed by atoms with E-state index in [-0.39, 0.29) is 10.7 Å². The van der Waals surface area contributed by atoms with Crippen LogP contribution in [-0.4, -0.2) is 15.8 Å². The standard InChI is InChI=1S/C23H15Cl2F3N4O/c24-16-9-6-14(7-10-16)21-20(13-32(31-21)17-4-2-1-3-5-17)30-22(33)29-19-12-15(23(26,27)28)8-11-18(19)25/h1-13H,(H2,29,30,33). The molecule has 1 heterocycles. The molecule has 1 aromatic heterocycles. The highest BCUT2D eigenvalue weighted by atomic mass is 35.5. The molecule has 0 aliphatic heterocycles. The van der Waals surface area contributed by atoms with Gasteiger partial charge in [-0.05, 0) is 42.5 Å². The predicted molar refractivity (Wildman–Crippen MR) is 123 cm³/mol. The van der Waals surface area contributed by atoms with Crippen LogP contribution in [0.25, 0.3) is 16.9 Å². The fraction of sp³-hybridized carbons (Fsp3) is 0.0435. The van der Waals surface area contributed by atoms with Gasteiger partial charge in [-0.1, -0.05) is 53.5 Å². The first-order chi connectivity index (χ1) is 15.7. The van der Waals surface area contributed by atoms with E-state index in [4.69, 9.17) is 23.2 Å². The summed E-state index contributed by atoms with van der Waals surface area (Å²) in [6.07, 6.45) is -2.97. The third-order valence-electron chi connectivity index (χ3n) is 4.64. The second-order valence-corrected chi connectivity index (χ2v) is 7.79. The topological polar surface area (TPSA) is 59.0 Å². The molecule has 3 aromatic carbocycles. The number of urea groups is 1. The van der Waals surface area contributed by atoms with E-state index in [1.54, 1.807) is 35.1 Å². The van der Waals surface area contributed by atoms with Gasteiger partial charge in [-0.25, -0.2) is 9.48 Å². The third-order valence-corrected chi connectivity index (χ3v) is 5.22. The molecule has 0 spiro atoms. The van der Waals surface area contributed by atoms with Crippen molar-refractivity contribution in [2.75, 3.05) is 10.6 Å². The van der Waals surface area contributed by atoms with Crippen LogP contribution in [0, 0.1) is 0 Å². The SMILES string of the molecule is O=C(Nc1cc(C(F)(F)F)ccc1Cl)Nc1cn(-c2ccccc2)nc1-c1ccc(Cl)cc1. The summed E-state index contributed by atoms with van der Waals surface area (Å²) in [7, 11) is 0. The van der Waals surface area contributed by atoms with Gasteiger partial charge >= 0.3 is 12.2 Å². The van der Waals surface area contributed by atoms with E-state index in [1.807, 2.05) is 30.3 Å². The molecule has 0 unspecified atom stereocenters. The first-order valence-electron chi connectivity index (χ1n) is 9.56. The first-order valence-corrected chi connectivity index (χ1v) is 10.3. The zero-order valence-corrected chi connectivity index (χ0v) is 18.2. The summed E-state index contributed by atoms with van der Waals surface area (Å²) in [6, 6.07) is 18.0. The largest absolute Gasteiger partial charge is 0.416 e. The Morgan fingerprint density at radius 3 is 2.21 bits per heavy atom. The van der Waals surface area contributed by atoms with Gasteiger partial charge in [-0.2, -0.15) is 18.3 Å². The molecule has 4 aromatic rings. The number of nitrogens with zero attached hydrogens (tertiary/aromatic N) is 2. The molecule has 0 radical (unpaired) electrons. The lowest BCUT2D eigenvalue weighted by Gasteiger charge is -2.12. The Bertz CT molecular complexity index is 1290. The van der Waals surface area contributed by atoms with Crippen LogP contribution in [0.15, 0.2) is 79.0 Å². The highest BCUT2D eigenvalue weighted by Crippen LogP contribution is 2.34. The smallest absolute Gasteiger partial charge is 0.306 e. The molecule has 0 fully saturated rings. The minimum absolute atomic E-state index is 0.0314. The molecule has 10 heteroatoms. The average molecular weight is 491 g/mol. The molecule has 168 valence electrons. The lowest BCUT2D eigenvalue weighted by molar-refractivity contribution is -0.137. The van der Waals surface area contributed by atoms with Crippen LogP contribution in [0.3, 0.4) is 0 Å². The fourth-order valence-electron chi connectivity index (χ4n) is 3.07. The molecule has 2 amide bonds. The van der Waals surface area contributed by atoms with Crippen molar-refractivity contribution in [2.45, 2.75) is 6.18 Å². The molecule has 2 N–H and O–H groups in total. The summed E-state index contributed by atoms with van der Waals surface area (Å²) >= 11 is 12.0. The number of carbonyl (C=O) groups is 1. The number of carbonyl (C=O) groups excluding carboxylic acids is 1. The van der Waals surface area contributed by atoms with Crippen molar-refractivity contribution in [2.24, 2.45) is 0 Å². The van der Waals surface area contributed by atoms with Gasteiger partial charge in [-0.15, -0.1) is 0 Å². The second kappa shape index (κ2) is 9.17. The summed E-state index contributed by atoms with van der Waals surface area (Å²) in [5, 5.41) is 10.1. The number of benzene rings is 3. The number of hydrogen-bond acceptors (Lipinski definition) is 2. The Morgan fingerprint density at radius 1 is 0.879 bits per heavy atom. The summed E-state index contributed by atoms with van der Waals surface area (Å²) in [5.74, 6) is 0. The summed E-state index contributed by atoms with van der Waals surface area (Å²) in [4.78, 5) is 12.7. The number of rotatable bonds is 4. The third kappa shape index (κ3) is 5.30. The van der Waals surface area contributed by atoms with Gasteiger partial charge in [0.25, 0.3) is 0 Å². The maximum absolute atomic E-state index is 13.0. The Hall–Kier alpha value is -3.49. The molecule has 0 aliphatic rings. The molecule has 0 saturated heterocycles. The number of amides is 2. The Labute approximate surface area is 196 Å². The number of para-hydroxylation sites is 1. The zero-order chi connectivity index (χ0) is 23.6. The zero-order valence-electron chi connectivity index (χ0n) is 16.7. The molecular formula is C23H15Cl2F3N4O. The lowest BCUT2D eigenvalue weighted by atomic mass is 10.1.